The van der Waals surface area contributed by atoms with Gasteiger partial charge in [0.25, 0.3) is 0 Å². The lowest BCUT2D eigenvalue weighted by Gasteiger charge is -2.26. The number of rotatable bonds is 7. The topological polar surface area (TPSA) is 109 Å². The SMILES string of the molecule is CC(C)(O)O[C@H]1CC(n2ccc3c(Cl)ncnc32)OC1COc1ccc2ccc(C=O)nc2c1. The molecule has 0 radical (unpaired) electrons. The lowest BCUT2D eigenvalue weighted by Crippen LogP contribution is -2.37. The first kappa shape index (κ1) is 22.7. The van der Waals surface area contributed by atoms with E-state index < -0.39 is 24.2 Å². The van der Waals surface area contributed by atoms with Crippen molar-refractivity contribution in [3.63, 3.8) is 0 Å². The zero-order chi connectivity index (χ0) is 23.9. The molecule has 10 heteroatoms. The number of nitrogens with zero attached hydrogens (tertiary/aromatic N) is 4. The highest BCUT2D eigenvalue weighted by atomic mass is 35.5. The molecule has 0 spiro atoms. The first-order chi connectivity index (χ1) is 16.3. The Morgan fingerprint density at radius 1 is 1.26 bits per heavy atom. The smallest absolute Gasteiger partial charge is 0.168 e. The number of pyridine rings is 1. The number of ether oxygens (including phenoxy) is 3. The van der Waals surface area contributed by atoms with Crippen LogP contribution in [0.15, 0.2) is 48.9 Å². The molecule has 176 valence electrons. The maximum absolute atomic E-state index is 11.1. The van der Waals surface area contributed by atoms with E-state index in [0.29, 0.717) is 40.5 Å². The largest absolute Gasteiger partial charge is 0.491 e. The molecule has 4 aromatic rings. The third kappa shape index (κ3) is 4.60. The third-order valence-corrected chi connectivity index (χ3v) is 5.91. The second kappa shape index (κ2) is 8.92. The molecule has 3 aromatic heterocycles. The van der Waals surface area contributed by atoms with E-state index in [0.717, 1.165) is 10.8 Å². The highest BCUT2D eigenvalue weighted by molar-refractivity contribution is 6.33. The first-order valence-electron chi connectivity index (χ1n) is 10.8. The summed E-state index contributed by atoms with van der Waals surface area (Å²) in [6.45, 7) is 3.34. The molecule has 2 unspecified atom stereocenters. The van der Waals surface area contributed by atoms with Gasteiger partial charge in [0, 0.05) is 24.1 Å². The van der Waals surface area contributed by atoms with Gasteiger partial charge in [-0.05, 0) is 38.1 Å². The number of aldehydes is 1. The molecule has 4 heterocycles. The summed E-state index contributed by atoms with van der Waals surface area (Å²) in [7, 11) is 0. The van der Waals surface area contributed by atoms with Gasteiger partial charge < -0.3 is 23.9 Å². The molecular formula is C24H23ClN4O5. The van der Waals surface area contributed by atoms with Crippen molar-refractivity contribution in [2.75, 3.05) is 6.61 Å². The van der Waals surface area contributed by atoms with Gasteiger partial charge in [0.1, 0.15) is 47.5 Å². The summed E-state index contributed by atoms with van der Waals surface area (Å²) in [5.41, 5.74) is 1.67. The van der Waals surface area contributed by atoms with Crippen LogP contribution < -0.4 is 4.74 Å². The molecule has 1 aromatic carbocycles. The fourth-order valence-electron chi connectivity index (χ4n) is 4.13. The third-order valence-electron chi connectivity index (χ3n) is 5.61. The Bertz CT molecular complexity index is 1350. The maximum atomic E-state index is 11.1. The van der Waals surface area contributed by atoms with Gasteiger partial charge in [0.2, 0.25) is 0 Å². The minimum Gasteiger partial charge on any atom is -0.491 e. The monoisotopic (exact) mass is 482 g/mol. The number of carbonyl (C=O) groups is 1. The van der Waals surface area contributed by atoms with Crippen LogP contribution in [-0.4, -0.2) is 55.5 Å². The van der Waals surface area contributed by atoms with Gasteiger partial charge in [-0.3, -0.25) is 4.79 Å². The van der Waals surface area contributed by atoms with Crippen LogP contribution in [-0.2, 0) is 9.47 Å². The van der Waals surface area contributed by atoms with Crippen LogP contribution in [0.3, 0.4) is 0 Å². The summed E-state index contributed by atoms with van der Waals surface area (Å²) in [4.78, 5) is 23.7. The molecule has 9 nitrogen and oxygen atoms in total. The molecule has 0 saturated carbocycles. The number of fused-ring (bicyclic) bond motifs is 2. The number of benzene rings is 1. The Balaban J connectivity index is 1.37. The quantitative estimate of drug-likeness (QED) is 0.240. The van der Waals surface area contributed by atoms with Crippen LogP contribution in [0.5, 0.6) is 5.75 Å². The molecule has 1 aliphatic heterocycles. The van der Waals surface area contributed by atoms with E-state index in [2.05, 4.69) is 15.0 Å². The van der Waals surface area contributed by atoms with Crippen molar-refractivity contribution in [1.29, 1.82) is 0 Å². The first-order valence-corrected chi connectivity index (χ1v) is 11.2. The van der Waals surface area contributed by atoms with Gasteiger partial charge in [0.15, 0.2) is 12.1 Å². The summed E-state index contributed by atoms with van der Waals surface area (Å²) in [6, 6.07) is 10.8. The molecule has 0 bridgehead atoms. The van der Waals surface area contributed by atoms with E-state index >= 15 is 0 Å². The number of hydrogen-bond donors (Lipinski definition) is 1. The maximum Gasteiger partial charge on any atom is 0.168 e. The lowest BCUT2D eigenvalue weighted by molar-refractivity contribution is -0.216. The van der Waals surface area contributed by atoms with Crippen molar-refractivity contribution < 1.29 is 24.1 Å². The molecule has 1 saturated heterocycles. The number of aromatic nitrogens is 4. The summed E-state index contributed by atoms with van der Waals surface area (Å²) in [5, 5.41) is 12.3. The van der Waals surface area contributed by atoms with Crippen molar-refractivity contribution in [2.24, 2.45) is 0 Å². The molecule has 3 atom stereocenters. The van der Waals surface area contributed by atoms with E-state index in [-0.39, 0.29) is 6.61 Å². The lowest BCUT2D eigenvalue weighted by atomic mass is 10.1. The van der Waals surface area contributed by atoms with Crippen LogP contribution in [0.2, 0.25) is 5.15 Å². The molecule has 0 amide bonds. The van der Waals surface area contributed by atoms with E-state index in [1.807, 2.05) is 35.0 Å². The Hall–Kier alpha value is -3.11. The predicted molar refractivity (Wildman–Crippen MR) is 125 cm³/mol. The highest BCUT2D eigenvalue weighted by Crippen LogP contribution is 2.36. The van der Waals surface area contributed by atoms with Gasteiger partial charge in [-0.1, -0.05) is 17.7 Å². The minimum atomic E-state index is -1.34. The Labute approximate surface area is 200 Å². The van der Waals surface area contributed by atoms with E-state index in [4.69, 9.17) is 25.8 Å². The summed E-state index contributed by atoms with van der Waals surface area (Å²) >= 11 is 6.19. The van der Waals surface area contributed by atoms with Crippen molar-refractivity contribution in [1.82, 2.24) is 19.5 Å². The van der Waals surface area contributed by atoms with Gasteiger partial charge in [-0.15, -0.1) is 0 Å². The van der Waals surface area contributed by atoms with Crippen molar-refractivity contribution in [2.45, 2.75) is 44.5 Å². The molecule has 0 aliphatic carbocycles. The summed E-state index contributed by atoms with van der Waals surface area (Å²) in [5.74, 6) is -0.758. The zero-order valence-corrected chi connectivity index (χ0v) is 19.3. The number of hydrogen-bond acceptors (Lipinski definition) is 8. The molecule has 1 aliphatic rings. The number of aliphatic hydroxyl groups is 1. The van der Waals surface area contributed by atoms with E-state index in [1.165, 1.54) is 6.33 Å². The van der Waals surface area contributed by atoms with Crippen LogP contribution in [0, 0.1) is 0 Å². The molecule has 5 rings (SSSR count). The standard InChI is InChI=1S/C24H23ClN4O5/c1-24(2,31)34-19-10-21(29-8-7-17-22(25)26-13-27-23(17)29)33-20(19)12-32-16-6-4-14-3-5-15(11-30)28-18(14)9-16/h3-9,11,13,19-21,31H,10,12H2,1-2H3/t19-,20?,21?/m0/s1. The Kier molecular flexibility index (Phi) is 5.95. The van der Waals surface area contributed by atoms with Crippen LogP contribution >= 0.6 is 11.6 Å². The van der Waals surface area contributed by atoms with Crippen molar-refractivity contribution in [3.05, 3.63) is 59.8 Å². The fourth-order valence-corrected chi connectivity index (χ4v) is 4.33. The van der Waals surface area contributed by atoms with Gasteiger partial charge in [-0.2, -0.15) is 0 Å². The molecule has 34 heavy (non-hydrogen) atoms. The minimum absolute atomic E-state index is 0.186. The Morgan fingerprint density at radius 3 is 2.88 bits per heavy atom. The normalized spacial score (nSPS) is 20.8. The van der Waals surface area contributed by atoms with Crippen LogP contribution in [0.1, 0.15) is 37.0 Å². The zero-order valence-electron chi connectivity index (χ0n) is 18.6. The average Bonchev–Trinajstić information content (AvgIpc) is 3.40. The van der Waals surface area contributed by atoms with Gasteiger partial charge in [-0.25, -0.2) is 15.0 Å². The molecule has 1 fully saturated rings. The van der Waals surface area contributed by atoms with Crippen LogP contribution in [0.25, 0.3) is 21.9 Å². The van der Waals surface area contributed by atoms with Crippen molar-refractivity contribution in [3.8, 4) is 5.75 Å². The fraction of sp³-hybridized carbons (Fsp3) is 0.333. The van der Waals surface area contributed by atoms with Gasteiger partial charge in [0.05, 0.1) is 17.0 Å². The van der Waals surface area contributed by atoms with Crippen LogP contribution in [0.4, 0.5) is 0 Å². The van der Waals surface area contributed by atoms with Gasteiger partial charge >= 0.3 is 0 Å². The predicted octanol–water partition coefficient (Wildman–Crippen LogP) is 3.93. The number of carbonyl (C=O) groups excluding carboxylic acids is 1. The second-order valence-electron chi connectivity index (χ2n) is 8.61. The highest BCUT2D eigenvalue weighted by Gasteiger charge is 2.40. The summed E-state index contributed by atoms with van der Waals surface area (Å²) in [6.07, 6.45) is 3.16. The Morgan fingerprint density at radius 2 is 2.09 bits per heavy atom. The van der Waals surface area contributed by atoms with E-state index in [1.54, 1.807) is 26.0 Å². The average molecular weight is 483 g/mol. The second-order valence-corrected chi connectivity index (χ2v) is 8.97. The van der Waals surface area contributed by atoms with E-state index in [9.17, 15) is 9.90 Å². The summed E-state index contributed by atoms with van der Waals surface area (Å²) < 4.78 is 20.1. The molecular weight excluding hydrogens is 460 g/mol. The van der Waals surface area contributed by atoms with Crippen molar-refractivity contribution >= 4 is 39.8 Å². The molecule has 1 N–H and O–H groups in total. The number of halogens is 1.